The molecule has 2 aromatic rings. The van der Waals surface area contributed by atoms with Crippen LogP contribution in [0, 0.1) is 0 Å². The minimum Gasteiger partial charge on any atom is -0.497 e. The van der Waals surface area contributed by atoms with Gasteiger partial charge in [-0.25, -0.2) is 8.42 Å². The topological polar surface area (TPSA) is 73.7 Å². The lowest BCUT2D eigenvalue weighted by atomic mass is 10.3. The second kappa shape index (κ2) is 6.37. The molecule has 0 bridgehead atoms. The summed E-state index contributed by atoms with van der Waals surface area (Å²) in [6.07, 6.45) is 1.77. The highest BCUT2D eigenvalue weighted by atomic mass is 32.2. The summed E-state index contributed by atoms with van der Waals surface area (Å²) in [5.41, 5.74) is 0.662. The predicted octanol–water partition coefficient (Wildman–Crippen LogP) is 1.26. The highest BCUT2D eigenvalue weighted by Gasteiger charge is 2.26. The largest absolute Gasteiger partial charge is 0.497 e. The standard InChI is InChI=1S/C14H19N3O4S/c1-16-8-7-11(15-16)10-17(2)22(18,19)14-9-12(20-3)5-6-13(14)21-4/h5-9H,10H2,1-4H3. The van der Waals surface area contributed by atoms with Gasteiger partial charge in [-0.1, -0.05) is 0 Å². The van der Waals surface area contributed by atoms with Crippen molar-refractivity contribution in [2.75, 3.05) is 21.3 Å². The van der Waals surface area contributed by atoms with Gasteiger partial charge in [0, 0.05) is 26.4 Å². The summed E-state index contributed by atoms with van der Waals surface area (Å²) in [6.45, 7) is 0.170. The summed E-state index contributed by atoms with van der Waals surface area (Å²) in [4.78, 5) is 0.0628. The van der Waals surface area contributed by atoms with Gasteiger partial charge in [-0.05, 0) is 18.2 Å². The Kier molecular flexibility index (Phi) is 4.72. The van der Waals surface area contributed by atoms with Crippen LogP contribution in [0.25, 0.3) is 0 Å². The van der Waals surface area contributed by atoms with Crippen LogP contribution in [-0.4, -0.2) is 43.8 Å². The molecule has 0 amide bonds. The second-order valence-electron chi connectivity index (χ2n) is 4.76. The molecule has 0 fully saturated rings. The van der Waals surface area contributed by atoms with E-state index in [4.69, 9.17) is 9.47 Å². The Balaban J connectivity index is 2.36. The zero-order valence-corrected chi connectivity index (χ0v) is 13.8. The third-order valence-electron chi connectivity index (χ3n) is 3.21. The minimum atomic E-state index is -3.72. The molecular weight excluding hydrogens is 306 g/mol. The molecule has 22 heavy (non-hydrogen) atoms. The van der Waals surface area contributed by atoms with E-state index in [1.54, 1.807) is 36.1 Å². The first-order valence-corrected chi connectivity index (χ1v) is 7.99. The molecule has 1 aromatic carbocycles. The summed E-state index contributed by atoms with van der Waals surface area (Å²) in [6, 6.07) is 6.44. The van der Waals surface area contributed by atoms with Crippen LogP contribution in [0.15, 0.2) is 35.4 Å². The van der Waals surface area contributed by atoms with E-state index in [2.05, 4.69) is 5.10 Å². The molecule has 0 unspecified atom stereocenters. The molecule has 8 heteroatoms. The Morgan fingerprint density at radius 2 is 1.95 bits per heavy atom. The van der Waals surface area contributed by atoms with Crippen LogP contribution in [0.1, 0.15) is 5.69 Å². The van der Waals surface area contributed by atoms with Crippen molar-refractivity contribution in [2.24, 2.45) is 7.05 Å². The van der Waals surface area contributed by atoms with E-state index in [0.717, 1.165) is 0 Å². The van der Waals surface area contributed by atoms with Gasteiger partial charge < -0.3 is 9.47 Å². The number of hydrogen-bond donors (Lipinski definition) is 0. The van der Waals surface area contributed by atoms with Crippen molar-refractivity contribution in [1.29, 1.82) is 0 Å². The first-order chi connectivity index (χ1) is 10.4. The maximum atomic E-state index is 12.7. The number of hydrogen-bond acceptors (Lipinski definition) is 5. The number of sulfonamides is 1. The molecule has 0 saturated carbocycles. The van der Waals surface area contributed by atoms with Gasteiger partial charge in [0.1, 0.15) is 16.4 Å². The van der Waals surface area contributed by atoms with E-state index in [1.165, 1.54) is 31.6 Å². The van der Waals surface area contributed by atoms with Gasteiger partial charge in [0.2, 0.25) is 10.0 Å². The van der Waals surface area contributed by atoms with E-state index in [-0.39, 0.29) is 17.2 Å². The first-order valence-electron chi connectivity index (χ1n) is 6.55. The average molecular weight is 325 g/mol. The van der Waals surface area contributed by atoms with Crippen LogP contribution in [0.3, 0.4) is 0 Å². The molecule has 0 spiro atoms. The number of ether oxygens (including phenoxy) is 2. The van der Waals surface area contributed by atoms with Crippen LogP contribution in [-0.2, 0) is 23.6 Å². The Bertz CT molecular complexity index is 755. The Morgan fingerprint density at radius 3 is 2.50 bits per heavy atom. The average Bonchev–Trinajstić information content (AvgIpc) is 2.91. The van der Waals surface area contributed by atoms with E-state index in [9.17, 15) is 8.42 Å². The van der Waals surface area contributed by atoms with E-state index >= 15 is 0 Å². The lowest BCUT2D eigenvalue weighted by Gasteiger charge is -2.18. The summed E-state index contributed by atoms with van der Waals surface area (Å²) < 4.78 is 38.6. The maximum absolute atomic E-state index is 12.7. The second-order valence-corrected chi connectivity index (χ2v) is 6.77. The number of methoxy groups -OCH3 is 2. The fourth-order valence-corrected chi connectivity index (χ4v) is 3.32. The first kappa shape index (κ1) is 16.3. The van der Waals surface area contributed by atoms with Gasteiger partial charge in [-0.15, -0.1) is 0 Å². The zero-order valence-electron chi connectivity index (χ0n) is 13.0. The van der Waals surface area contributed by atoms with E-state index in [1.807, 2.05) is 0 Å². The lowest BCUT2D eigenvalue weighted by Crippen LogP contribution is -2.27. The summed E-state index contributed by atoms with van der Waals surface area (Å²) >= 11 is 0. The van der Waals surface area contributed by atoms with Crippen LogP contribution >= 0.6 is 0 Å². The molecule has 0 aliphatic heterocycles. The highest BCUT2D eigenvalue weighted by Crippen LogP contribution is 2.30. The van der Waals surface area contributed by atoms with Gasteiger partial charge in [0.05, 0.1) is 26.5 Å². The van der Waals surface area contributed by atoms with Gasteiger partial charge in [-0.3, -0.25) is 4.68 Å². The summed E-state index contributed by atoms with van der Waals surface area (Å²) in [5, 5.41) is 4.19. The molecule has 2 rings (SSSR count). The van der Waals surface area contributed by atoms with Crippen molar-refractivity contribution in [3.8, 4) is 11.5 Å². The Labute approximate surface area is 130 Å². The van der Waals surface area contributed by atoms with Crippen molar-refractivity contribution in [1.82, 2.24) is 14.1 Å². The van der Waals surface area contributed by atoms with Gasteiger partial charge in [0.15, 0.2) is 0 Å². The third-order valence-corrected chi connectivity index (χ3v) is 5.04. The van der Waals surface area contributed by atoms with Crippen LogP contribution < -0.4 is 9.47 Å². The molecule has 0 radical (unpaired) electrons. The number of nitrogens with zero attached hydrogens (tertiary/aromatic N) is 3. The van der Waals surface area contributed by atoms with Crippen molar-refractivity contribution in [2.45, 2.75) is 11.4 Å². The SMILES string of the molecule is COc1ccc(OC)c(S(=O)(=O)N(C)Cc2ccn(C)n2)c1. The maximum Gasteiger partial charge on any atom is 0.247 e. The summed E-state index contributed by atoms with van der Waals surface area (Å²) in [5.74, 6) is 0.722. The predicted molar refractivity (Wildman–Crippen MR) is 81.4 cm³/mol. The molecular formula is C14H19N3O4S. The van der Waals surface area contributed by atoms with Crippen LogP contribution in [0.5, 0.6) is 11.5 Å². The molecule has 0 saturated heterocycles. The molecule has 0 N–H and O–H groups in total. The number of rotatable bonds is 6. The van der Waals surface area contributed by atoms with Gasteiger partial charge in [-0.2, -0.15) is 9.40 Å². The fourth-order valence-electron chi connectivity index (χ4n) is 2.01. The molecule has 0 aliphatic carbocycles. The number of aryl methyl sites for hydroxylation is 1. The molecule has 7 nitrogen and oxygen atoms in total. The Morgan fingerprint density at radius 1 is 1.23 bits per heavy atom. The monoisotopic (exact) mass is 325 g/mol. The van der Waals surface area contributed by atoms with Crippen molar-refractivity contribution in [3.05, 3.63) is 36.2 Å². The van der Waals surface area contributed by atoms with Crippen LogP contribution in [0.2, 0.25) is 0 Å². The minimum absolute atomic E-state index is 0.0628. The number of benzene rings is 1. The van der Waals surface area contributed by atoms with Crippen LogP contribution in [0.4, 0.5) is 0 Å². The normalized spacial score (nSPS) is 11.7. The zero-order chi connectivity index (χ0) is 16.3. The lowest BCUT2D eigenvalue weighted by molar-refractivity contribution is 0.387. The molecule has 1 heterocycles. The van der Waals surface area contributed by atoms with Crippen molar-refractivity contribution in [3.63, 3.8) is 0 Å². The summed E-state index contributed by atoms with van der Waals surface area (Å²) in [7, 11) is 2.47. The van der Waals surface area contributed by atoms with Gasteiger partial charge in [0.25, 0.3) is 0 Å². The van der Waals surface area contributed by atoms with E-state index < -0.39 is 10.0 Å². The van der Waals surface area contributed by atoms with Gasteiger partial charge >= 0.3 is 0 Å². The highest BCUT2D eigenvalue weighted by molar-refractivity contribution is 7.89. The smallest absolute Gasteiger partial charge is 0.247 e. The third kappa shape index (κ3) is 3.23. The quantitative estimate of drug-likeness (QED) is 0.799. The molecule has 0 atom stereocenters. The molecule has 1 aromatic heterocycles. The molecule has 120 valence electrons. The van der Waals surface area contributed by atoms with Crippen molar-refractivity contribution >= 4 is 10.0 Å². The van der Waals surface area contributed by atoms with Crippen molar-refractivity contribution < 1.29 is 17.9 Å². The Hall–Kier alpha value is -2.06. The fraction of sp³-hybridized carbons (Fsp3) is 0.357. The van der Waals surface area contributed by atoms with E-state index in [0.29, 0.717) is 11.4 Å². The molecule has 0 aliphatic rings. The number of aromatic nitrogens is 2.